The lowest BCUT2D eigenvalue weighted by Crippen LogP contribution is -2.40. The molecule has 2 aromatic rings. The van der Waals surface area contributed by atoms with Crippen LogP contribution in [0.2, 0.25) is 0 Å². The summed E-state index contributed by atoms with van der Waals surface area (Å²) in [6, 6.07) is 18.1. The van der Waals surface area contributed by atoms with Gasteiger partial charge in [-0.1, -0.05) is 54.6 Å². The normalized spacial score (nSPS) is 14.7. The number of aliphatic imine (C=N–C) groups is 1. The molecule has 1 aliphatic rings. The summed E-state index contributed by atoms with van der Waals surface area (Å²) >= 11 is 0. The van der Waals surface area contributed by atoms with E-state index >= 15 is 0 Å². The third kappa shape index (κ3) is 9.43. The second kappa shape index (κ2) is 13.8. The number of nitrogens with zero attached hydrogens (tertiary/aromatic N) is 2. The summed E-state index contributed by atoms with van der Waals surface area (Å²) in [4.78, 5) is 6.66. The Morgan fingerprint density at radius 1 is 0.906 bits per heavy atom. The molecule has 0 aliphatic carbocycles. The van der Waals surface area contributed by atoms with E-state index in [1.165, 1.54) is 31.5 Å². The summed E-state index contributed by atoms with van der Waals surface area (Å²) in [6.45, 7) is 4.61. The molecular formula is C23H34IN5O2S. The van der Waals surface area contributed by atoms with E-state index in [4.69, 9.17) is 0 Å². The molecule has 176 valence electrons. The fraction of sp³-hybridized carbons (Fsp3) is 0.435. The lowest BCUT2D eigenvalue weighted by molar-refractivity contribution is 0.331. The molecule has 1 heterocycles. The summed E-state index contributed by atoms with van der Waals surface area (Å²) in [6.07, 6.45) is 2.61. The number of guanidine groups is 1. The van der Waals surface area contributed by atoms with Crippen molar-refractivity contribution in [2.24, 2.45) is 4.99 Å². The van der Waals surface area contributed by atoms with Crippen molar-refractivity contribution < 1.29 is 8.42 Å². The molecule has 1 fully saturated rings. The summed E-state index contributed by atoms with van der Waals surface area (Å²) in [7, 11) is -1.69. The Balaban J connectivity index is 0.00000363. The first-order valence-corrected chi connectivity index (χ1v) is 12.5. The van der Waals surface area contributed by atoms with Gasteiger partial charge in [0, 0.05) is 33.2 Å². The topological polar surface area (TPSA) is 85.8 Å². The van der Waals surface area contributed by atoms with E-state index in [0.29, 0.717) is 19.0 Å². The Morgan fingerprint density at radius 2 is 1.53 bits per heavy atom. The zero-order valence-electron chi connectivity index (χ0n) is 18.6. The molecule has 0 aromatic heterocycles. The highest BCUT2D eigenvalue weighted by Crippen LogP contribution is 2.13. The highest BCUT2D eigenvalue weighted by atomic mass is 127. The summed E-state index contributed by atoms with van der Waals surface area (Å²) in [5, 5.41) is 6.30. The minimum atomic E-state index is -3.36. The molecule has 0 bridgehead atoms. The largest absolute Gasteiger partial charge is 0.355 e. The van der Waals surface area contributed by atoms with Crippen molar-refractivity contribution in [3.8, 4) is 0 Å². The standard InChI is InChI=1S/C23H33N5O2S.HI/c1-24-23(25-13-16-31(29,30)27-18-20-7-3-2-4-8-20)26-17-21-9-11-22(12-10-21)19-28-14-5-6-15-28;/h2-4,7-12,27H,5-6,13-19H2,1H3,(H2,24,25,26);1H. The third-order valence-electron chi connectivity index (χ3n) is 5.31. The zero-order valence-corrected chi connectivity index (χ0v) is 21.7. The lowest BCUT2D eigenvalue weighted by Gasteiger charge is -2.15. The van der Waals surface area contributed by atoms with E-state index in [1.807, 2.05) is 30.3 Å². The second-order valence-electron chi connectivity index (χ2n) is 7.78. The first-order valence-electron chi connectivity index (χ1n) is 10.8. The van der Waals surface area contributed by atoms with Crippen molar-refractivity contribution in [1.29, 1.82) is 0 Å². The average molecular weight is 572 g/mol. The molecule has 0 amide bonds. The lowest BCUT2D eigenvalue weighted by atomic mass is 10.1. The van der Waals surface area contributed by atoms with Crippen LogP contribution in [0.15, 0.2) is 59.6 Å². The Kier molecular flexibility index (Phi) is 11.4. The number of halogens is 1. The van der Waals surface area contributed by atoms with Gasteiger partial charge in [-0.25, -0.2) is 13.1 Å². The maximum atomic E-state index is 12.2. The first-order chi connectivity index (χ1) is 15.0. The van der Waals surface area contributed by atoms with Crippen molar-refractivity contribution in [3.63, 3.8) is 0 Å². The molecule has 9 heteroatoms. The maximum Gasteiger partial charge on any atom is 0.213 e. The van der Waals surface area contributed by atoms with Crippen molar-refractivity contribution in [2.45, 2.75) is 32.5 Å². The summed E-state index contributed by atoms with van der Waals surface area (Å²) in [5.74, 6) is 0.561. The van der Waals surface area contributed by atoms with Gasteiger partial charge in [0.15, 0.2) is 5.96 Å². The number of rotatable bonds is 10. The molecule has 32 heavy (non-hydrogen) atoms. The van der Waals surface area contributed by atoms with Crippen LogP contribution in [-0.4, -0.2) is 51.7 Å². The molecule has 0 unspecified atom stereocenters. The van der Waals surface area contributed by atoms with Gasteiger partial charge < -0.3 is 10.6 Å². The van der Waals surface area contributed by atoms with Crippen LogP contribution >= 0.6 is 24.0 Å². The van der Waals surface area contributed by atoms with Crippen LogP contribution in [0, 0.1) is 0 Å². The smallest absolute Gasteiger partial charge is 0.213 e. The van der Waals surface area contributed by atoms with Gasteiger partial charge in [0.2, 0.25) is 10.0 Å². The van der Waals surface area contributed by atoms with Crippen molar-refractivity contribution >= 4 is 40.0 Å². The minimum Gasteiger partial charge on any atom is -0.355 e. The van der Waals surface area contributed by atoms with Crippen LogP contribution in [-0.2, 0) is 29.7 Å². The molecule has 0 saturated carbocycles. The van der Waals surface area contributed by atoms with Crippen LogP contribution in [0.1, 0.15) is 29.5 Å². The zero-order chi connectivity index (χ0) is 21.9. The Hall–Kier alpha value is -1.69. The van der Waals surface area contributed by atoms with Gasteiger partial charge >= 0.3 is 0 Å². The highest BCUT2D eigenvalue weighted by Gasteiger charge is 2.12. The quantitative estimate of drug-likeness (QED) is 0.232. The van der Waals surface area contributed by atoms with Gasteiger partial charge in [0.1, 0.15) is 0 Å². The average Bonchev–Trinajstić information content (AvgIpc) is 3.29. The van der Waals surface area contributed by atoms with E-state index < -0.39 is 10.0 Å². The van der Waals surface area contributed by atoms with Crippen LogP contribution in [0.5, 0.6) is 0 Å². The van der Waals surface area contributed by atoms with E-state index in [0.717, 1.165) is 17.7 Å². The Bertz CT molecular complexity index is 931. The Morgan fingerprint density at radius 3 is 2.19 bits per heavy atom. The van der Waals surface area contributed by atoms with E-state index in [9.17, 15) is 8.42 Å². The van der Waals surface area contributed by atoms with Gasteiger partial charge in [-0.2, -0.15) is 0 Å². The van der Waals surface area contributed by atoms with Gasteiger partial charge in [-0.05, 0) is 42.6 Å². The van der Waals surface area contributed by atoms with Crippen molar-refractivity contribution in [3.05, 3.63) is 71.3 Å². The number of hydrogen-bond acceptors (Lipinski definition) is 4. The molecule has 0 spiro atoms. The molecule has 7 nitrogen and oxygen atoms in total. The van der Waals surface area contributed by atoms with Crippen LogP contribution in [0.25, 0.3) is 0 Å². The molecule has 1 saturated heterocycles. The molecule has 3 rings (SSSR count). The van der Waals surface area contributed by atoms with Crippen LogP contribution < -0.4 is 15.4 Å². The number of hydrogen-bond donors (Lipinski definition) is 3. The van der Waals surface area contributed by atoms with E-state index in [-0.39, 0.29) is 36.3 Å². The van der Waals surface area contributed by atoms with Gasteiger partial charge in [-0.3, -0.25) is 9.89 Å². The highest BCUT2D eigenvalue weighted by molar-refractivity contribution is 14.0. The molecule has 1 aliphatic heterocycles. The monoisotopic (exact) mass is 571 g/mol. The van der Waals surface area contributed by atoms with Gasteiger partial charge in [0.05, 0.1) is 5.75 Å². The fourth-order valence-corrected chi connectivity index (χ4v) is 4.43. The van der Waals surface area contributed by atoms with Gasteiger partial charge in [-0.15, -0.1) is 24.0 Å². The van der Waals surface area contributed by atoms with Crippen LogP contribution in [0.3, 0.4) is 0 Å². The van der Waals surface area contributed by atoms with Crippen molar-refractivity contribution in [2.75, 3.05) is 32.4 Å². The number of benzene rings is 2. The first kappa shape index (κ1) is 26.6. The molecule has 3 N–H and O–H groups in total. The summed E-state index contributed by atoms with van der Waals surface area (Å²) < 4.78 is 27.0. The Labute approximate surface area is 209 Å². The predicted molar refractivity (Wildman–Crippen MR) is 142 cm³/mol. The molecule has 0 radical (unpaired) electrons. The summed E-state index contributed by atoms with van der Waals surface area (Å²) in [5.41, 5.74) is 3.43. The molecule has 2 aromatic carbocycles. The predicted octanol–water partition coefficient (Wildman–Crippen LogP) is 2.69. The number of sulfonamides is 1. The second-order valence-corrected chi connectivity index (χ2v) is 9.70. The van der Waals surface area contributed by atoms with Crippen molar-refractivity contribution in [1.82, 2.24) is 20.3 Å². The molecule has 0 atom stereocenters. The van der Waals surface area contributed by atoms with Crippen LogP contribution in [0.4, 0.5) is 0 Å². The van der Waals surface area contributed by atoms with Gasteiger partial charge in [0.25, 0.3) is 0 Å². The number of likely N-dealkylation sites (tertiary alicyclic amines) is 1. The SMILES string of the molecule is CN=C(NCCS(=O)(=O)NCc1ccccc1)NCc1ccc(CN2CCCC2)cc1.I. The van der Waals surface area contributed by atoms with E-state index in [1.54, 1.807) is 7.05 Å². The fourth-order valence-electron chi connectivity index (χ4n) is 3.53. The molecular weight excluding hydrogens is 537 g/mol. The van der Waals surface area contributed by atoms with E-state index in [2.05, 4.69) is 49.5 Å². The minimum absolute atomic E-state index is 0. The third-order valence-corrected chi connectivity index (χ3v) is 6.64. The number of nitrogens with one attached hydrogen (secondary N) is 3. The maximum absolute atomic E-state index is 12.2.